The molecular formula is C48H29N3S2. The van der Waals surface area contributed by atoms with Gasteiger partial charge in [-0.15, -0.1) is 22.7 Å². The largest absolute Gasteiger partial charge is 0.292 e. The molecule has 4 heterocycles. The van der Waals surface area contributed by atoms with E-state index in [9.17, 15) is 0 Å². The van der Waals surface area contributed by atoms with Crippen LogP contribution < -0.4 is 0 Å². The van der Waals surface area contributed by atoms with Crippen LogP contribution in [-0.4, -0.2) is 14.5 Å². The average molecular weight is 712 g/mol. The first-order valence-corrected chi connectivity index (χ1v) is 19.8. The van der Waals surface area contributed by atoms with E-state index in [0.29, 0.717) is 0 Å². The summed E-state index contributed by atoms with van der Waals surface area (Å²) in [4.78, 5) is 11.0. The molecule has 53 heavy (non-hydrogen) atoms. The summed E-state index contributed by atoms with van der Waals surface area (Å²) in [6.07, 6.45) is 6.79. The summed E-state index contributed by atoms with van der Waals surface area (Å²) in [5, 5.41) is 8.79. The van der Waals surface area contributed by atoms with Crippen molar-refractivity contribution in [1.29, 1.82) is 0 Å². The second-order valence-electron chi connectivity index (χ2n) is 14.0. The van der Waals surface area contributed by atoms with Crippen LogP contribution in [0, 0.1) is 0 Å². The van der Waals surface area contributed by atoms with Gasteiger partial charge in [-0.1, -0.05) is 121 Å². The van der Waals surface area contributed by atoms with Gasteiger partial charge in [0.15, 0.2) is 11.6 Å². The van der Waals surface area contributed by atoms with Gasteiger partial charge < -0.3 is 0 Å². The summed E-state index contributed by atoms with van der Waals surface area (Å²) in [5.41, 5.74) is 9.71. The summed E-state index contributed by atoms with van der Waals surface area (Å²) in [6.45, 7) is 0. The van der Waals surface area contributed by atoms with E-state index in [4.69, 9.17) is 9.97 Å². The average Bonchev–Trinajstić information content (AvgIpc) is 3.91. The third-order valence-electron chi connectivity index (χ3n) is 11.0. The van der Waals surface area contributed by atoms with Crippen molar-refractivity contribution in [2.45, 2.75) is 12.8 Å². The Labute approximate surface area is 312 Å². The lowest BCUT2D eigenvalue weighted by Gasteiger charge is -2.16. The minimum Gasteiger partial charge on any atom is -0.292 e. The van der Waals surface area contributed by atoms with E-state index >= 15 is 0 Å². The Balaban J connectivity index is 1.20. The SMILES string of the molecule is C1=Cc2c(c3c4ccccc4n(-c4nc(-c5ccc6cc(-c7ccccc7)ccc6c5)nc5c4sc4ccccc45)c3c3c2sc2ccccc23)CC1. The van der Waals surface area contributed by atoms with Gasteiger partial charge in [-0.25, -0.2) is 9.97 Å². The molecule has 0 aliphatic heterocycles. The topological polar surface area (TPSA) is 30.7 Å². The Kier molecular flexibility index (Phi) is 6.21. The number of hydrogen-bond donors (Lipinski definition) is 0. The number of allylic oxidation sites excluding steroid dienone is 1. The number of para-hydroxylation sites is 1. The third kappa shape index (κ3) is 4.26. The van der Waals surface area contributed by atoms with Crippen LogP contribution in [0.5, 0.6) is 0 Å². The number of thiophene rings is 2. The van der Waals surface area contributed by atoms with Gasteiger partial charge in [-0.05, 0) is 76.2 Å². The lowest BCUT2D eigenvalue weighted by atomic mass is 9.90. The van der Waals surface area contributed by atoms with Crippen LogP contribution in [0.3, 0.4) is 0 Å². The van der Waals surface area contributed by atoms with Gasteiger partial charge in [0, 0.05) is 46.6 Å². The zero-order valence-corrected chi connectivity index (χ0v) is 30.1. The Morgan fingerprint density at radius 3 is 2.08 bits per heavy atom. The number of hydrogen-bond acceptors (Lipinski definition) is 4. The molecule has 4 aromatic heterocycles. The van der Waals surface area contributed by atoms with Gasteiger partial charge in [0.25, 0.3) is 0 Å². The molecule has 0 saturated heterocycles. The molecule has 0 N–H and O–H groups in total. The monoisotopic (exact) mass is 711 g/mol. The van der Waals surface area contributed by atoms with Gasteiger partial charge in [-0.3, -0.25) is 4.57 Å². The Morgan fingerprint density at radius 2 is 1.23 bits per heavy atom. The fourth-order valence-electron chi connectivity index (χ4n) is 8.66. The normalized spacial score (nSPS) is 13.1. The second kappa shape index (κ2) is 11.2. The second-order valence-corrected chi connectivity index (χ2v) is 16.1. The van der Waals surface area contributed by atoms with E-state index in [0.717, 1.165) is 40.3 Å². The fourth-order valence-corrected chi connectivity index (χ4v) is 11.0. The van der Waals surface area contributed by atoms with Crippen LogP contribution in [-0.2, 0) is 6.42 Å². The van der Waals surface area contributed by atoms with E-state index in [-0.39, 0.29) is 0 Å². The maximum atomic E-state index is 5.62. The third-order valence-corrected chi connectivity index (χ3v) is 13.4. The lowest BCUT2D eigenvalue weighted by molar-refractivity contribution is 1.00. The van der Waals surface area contributed by atoms with E-state index in [1.807, 2.05) is 11.3 Å². The molecule has 0 amide bonds. The number of aromatic nitrogens is 3. The Morgan fingerprint density at radius 1 is 0.547 bits per heavy atom. The zero-order chi connectivity index (χ0) is 34.6. The minimum atomic E-state index is 0.739. The van der Waals surface area contributed by atoms with Gasteiger partial charge in [-0.2, -0.15) is 0 Å². The van der Waals surface area contributed by atoms with Crippen LogP contribution in [0.25, 0.3) is 107 Å². The molecule has 12 rings (SSSR count). The first-order chi connectivity index (χ1) is 26.3. The van der Waals surface area contributed by atoms with E-state index < -0.39 is 0 Å². The summed E-state index contributed by atoms with van der Waals surface area (Å²) in [7, 11) is 0. The molecule has 11 aromatic rings. The van der Waals surface area contributed by atoms with Crippen molar-refractivity contribution in [2.75, 3.05) is 0 Å². The van der Waals surface area contributed by atoms with Crippen molar-refractivity contribution >= 4 is 102 Å². The molecule has 0 saturated carbocycles. The highest BCUT2D eigenvalue weighted by atomic mass is 32.1. The summed E-state index contributed by atoms with van der Waals surface area (Å²) >= 11 is 3.71. The molecule has 0 fully saturated rings. The molecule has 0 spiro atoms. The fraction of sp³-hybridized carbons (Fsp3) is 0.0417. The predicted molar refractivity (Wildman–Crippen MR) is 228 cm³/mol. The van der Waals surface area contributed by atoms with Crippen LogP contribution in [0.2, 0.25) is 0 Å². The smallest absolute Gasteiger partial charge is 0.162 e. The van der Waals surface area contributed by atoms with Crippen LogP contribution in [0.15, 0.2) is 146 Å². The molecule has 0 unspecified atom stereocenters. The number of aryl methyl sites for hydroxylation is 1. The molecule has 7 aromatic carbocycles. The summed E-state index contributed by atoms with van der Waals surface area (Å²) < 4.78 is 7.49. The van der Waals surface area contributed by atoms with Gasteiger partial charge in [0.2, 0.25) is 0 Å². The highest BCUT2D eigenvalue weighted by Gasteiger charge is 2.27. The first kappa shape index (κ1) is 29.4. The highest BCUT2D eigenvalue weighted by Crippen LogP contribution is 2.49. The van der Waals surface area contributed by atoms with Gasteiger partial charge >= 0.3 is 0 Å². The maximum Gasteiger partial charge on any atom is 0.162 e. The summed E-state index contributed by atoms with van der Waals surface area (Å²) in [6, 6.07) is 50.5. The standard InChI is InChI=1S/C48H29N3S2/c1-2-12-28(13-3-1)29-22-23-31-27-32(25-24-30(31)26-29)47-49-43-37-18-8-11-21-40(37)53-46(43)48(50-47)51-38-19-9-6-16-35(38)41-33-14-4-5-15-34(33)45-42(44(41)51)36-17-7-10-20-39(36)52-45/h1-3,5-13,15-27H,4,14H2. The molecule has 1 aliphatic rings. The first-order valence-electron chi connectivity index (χ1n) is 18.1. The molecule has 248 valence electrons. The van der Waals surface area contributed by atoms with Crippen molar-refractivity contribution in [3.8, 4) is 28.3 Å². The predicted octanol–water partition coefficient (Wildman–Crippen LogP) is 13.8. The highest BCUT2D eigenvalue weighted by molar-refractivity contribution is 7.26. The zero-order valence-electron chi connectivity index (χ0n) is 28.5. The molecule has 3 nitrogen and oxygen atoms in total. The molecule has 0 atom stereocenters. The van der Waals surface area contributed by atoms with E-state index in [1.165, 1.54) is 85.1 Å². The van der Waals surface area contributed by atoms with E-state index in [2.05, 4.69) is 156 Å². The molecule has 1 aliphatic carbocycles. The number of rotatable bonds is 3. The Bertz CT molecular complexity index is 3340. The lowest BCUT2D eigenvalue weighted by Crippen LogP contribution is -2.03. The number of nitrogens with zero attached hydrogens (tertiary/aromatic N) is 3. The molecule has 0 bridgehead atoms. The Hall–Kier alpha value is -6.14. The van der Waals surface area contributed by atoms with Crippen molar-refractivity contribution in [3.63, 3.8) is 0 Å². The number of fused-ring (bicyclic) bond motifs is 14. The summed E-state index contributed by atoms with van der Waals surface area (Å²) in [5.74, 6) is 1.68. The van der Waals surface area contributed by atoms with Crippen molar-refractivity contribution in [1.82, 2.24) is 14.5 Å². The quantitative estimate of drug-likeness (QED) is 0.183. The number of benzene rings is 7. The van der Waals surface area contributed by atoms with Crippen LogP contribution in [0.1, 0.15) is 17.5 Å². The van der Waals surface area contributed by atoms with Crippen molar-refractivity contribution < 1.29 is 0 Å². The molecule has 0 radical (unpaired) electrons. The van der Waals surface area contributed by atoms with Crippen molar-refractivity contribution in [2.24, 2.45) is 0 Å². The van der Waals surface area contributed by atoms with E-state index in [1.54, 1.807) is 11.3 Å². The van der Waals surface area contributed by atoms with Crippen molar-refractivity contribution in [3.05, 3.63) is 157 Å². The van der Waals surface area contributed by atoms with Gasteiger partial charge in [0.05, 0.1) is 21.3 Å². The van der Waals surface area contributed by atoms with Crippen LogP contribution in [0.4, 0.5) is 0 Å². The minimum absolute atomic E-state index is 0.739. The van der Waals surface area contributed by atoms with Gasteiger partial charge in [0.1, 0.15) is 0 Å². The van der Waals surface area contributed by atoms with Crippen LogP contribution >= 0.6 is 22.7 Å². The maximum absolute atomic E-state index is 5.62. The molecular weight excluding hydrogens is 683 g/mol. The molecule has 5 heteroatoms.